The number of halogens is 1. The zero-order valence-corrected chi connectivity index (χ0v) is 32.9. The van der Waals surface area contributed by atoms with E-state index in [0.29, 0.717) is 50.0 Å². The maximum absolute atomic E-state index is 13.6. The van der Waals surface area contributed by atoms with Crippen molar-refractivity contribution in [2.24, 2.45) is 5.92 Å². The van der Waals surface area contributed by atoms with E-state index < -0.39 is 24.4 Å². The molecule has 3 amide bonds. The van der Waals surface area contributed by atoms with Crippen LogP contribution in [0.4, 0.5) is 10.1 Å². The molecule has 0 saturated carbocycles. The number of nitrogens with one attached hydrogen (secondary N) is 2. The van der Waals surface area contributed by atoms with Crippen LogP contribution in [0.25, 0.3) is 0 Å². The number of hydrogen-bond donors (Lipinski definition) is 7. The van der Waals surface area contributed by atoms with Crippen molar-refractivity contribution in [1.82, 2.24) is 10.6 Å². The van der Waals surface area contributed by atoms with Gasteiger partial charge in [0.2, 0.25) is 17.7 Å². The number of carbonyl (C=O) groups is 3. The molecule has 6 atom stereocenters. The van der Waals surface area contributed by atoms with Crippen molar-refractivity contribution in [3.63, 3.8) is 0 Å². The molecule has 1 heterocycles. The Morgan fingerprint density at radius 1 is 0.754 bits per heavy atom. The molecule has 0 bridgehead atoms. The molecule has 0 radical (unpaired) electrons. The van der Waals surface area contributed by atoms with Crippen molar-refractivity contribution in [1.29, 1.82) is 0 Å². The van der Waals surface area contributed by atoms with Gasteiger partial charge in [0, 0.05) is 38.2 Å². The Morgan fingerprint density at radius 3 is 1.91 bits per heavy atom. The van der Waals surface area contributed by atoms with Gasteiger partial charge in [0.15, 0.2) is 0 Å². The Labute approximate surface area is 335 Å². The van der Waals surface area contributed by atoms with Crippen LogP contribution in [0.15, 0.2) is 72.8 Å². The highest BCUT2D eigenvalue weighted by Gasteiger charge is 2.48. The third-order valence-electron chi connectivity index (χ3n) is 10.7. The maximum Gasteiger partial charge on any atom is 0.233 e. The lowest BCUT2D eigenvalue weighted by atomic mass is 9.78. The van der Waals surface area contributed by atoms with Crippen LogP contribution in [0, 0.1) is 11.7 Å². The third-order valence-corrected chi connectivity index (χ3v) is 10.7. The third kappa shape index (κ3) is 14.2. The Hall–Kier alpha value is -4.40. The minimum absolute atomic E-state index is 0.0103. The number of ether oxygens (including phenoxy) is 1. The van der Waals surface area contributed by atoms with Crippen molar-refractivity contribution in [3.05, 3.63) is 95.3 Å². The Balaban J connectivity index is 1.11. The standard InChI is InChI=1S/C44H60FN3O9/c1-57-35-22-16-32(17-23-35)42-36(24-25-37(50)31-14-18-33(45)19-15-31)44(56)48(42)34-20-12-30(13-21-34)28-46-40(53)10-8-6-4-2-3-5-7-9-11-41(54)47-29-39(52)43(55)38(51)26-27-49/h12-23,36-39,42-43,49-52,55H,2-11,24-29H2,1H3,(H,46,53)(H,47,54)/t36-,37?,38-,39+,42?,43?/m1/s1. The second-order valence-electron chi connectivity index (χ2n) is 14.9. The topological polar surface area (TPSA) is 189 Å². The molecule has 1 fully saturated rings. The Kier molecular flexibility index (Phi) is 18.9. The van der Waals surface area contributed by atoms with Gasteiger partial charge in [-0.1, -0.05) is 74.9 Å². The molecule has 1 aliphatic rings. The van der Waals surface area contributed by atoms with Crippen LogP contribution in [0.5, 0.6) is 5.75 Å². The number of hydrogen-bond acceptors (Lipinski definition) is 9. The molecule has 3 unspecified atom stereocenters. The minimum Gasteiger partial charge on any atom is -0.497 e. The summed E-state index contributed by atoms with van der Waals surface area (Å²) in [4.78, 5) is 39.9. The van der Waals surface area contributed by atoms with Gasteiger partial charge < -0.3 is 45.8 Å². The molecule has 1 aliphatic heterocycles. The summed E-state index contributed by atoms with van der Waals surface area (Å²) < 4.78 is 18.7. The van der Waals surface area contributed by atoms with Gasteiger partial charge in [-0.05, 0) is 85.2 Å². The fourth-order valence-electron chi connectivity index (χ4n) is 7.17. The summed E-state index contributed by atoms with van der Waals surface area (Å²) in [6.07, 6.45) is 4.21. The van der Waals surface area contributed by atoms with Gasteiger partial charge in [0.25, 0.3) is 0 Å². The van der Waals surface area contributed by atoms with Crippen molar-refractivity contribution >= 4 is 23.4 Å². The maximum atomic E-state index is 13.6. The fraction of sp³-hybridized carbons (Fsp3) is 0.523. The van der Waals surface area contributed by atoms with Crippen molar-refractivity contribution < 1.29 is 49.0 Å². The SMILES string of the molecule is COc1ccc(C2[C@@H](CCC(O)c3ccc(F)cc3)C(=O)N2c2ccc(CNC(=O)CCCCCCCCCCC(=O)NC[C@H](O)C(O)[C@H](O)CCO)cc2)cc1. The summed E-state index contributed by atoms with van der Waals surface area (Å²) in [5.41, 5.74) is 3.23. The van der Waals surface area contributed by atoms with E-state index in [4.69, 9.17) is 9.84 Å². The van der Waals surface area contributed by atoms with E-state index in [1.165, 1.54) is 12.1 Å². The normalized spacial score (nSPS) is 17.3. The van der Waals surface area contributed by atoms with Crippen molar-refractivity contribution in [2.75, 3.05) is 25.2 Å². The second kappa shape index (κ2) is 23.7. The first kappa shape index (κ1) is 45.3. The number of aliphatic hydroxyl groups is 5. The predicted molar refractivity (Wildman–Crippen MR) is 214 cm³/mol. The first-order chi connectivity index (χ1) is 27.5. The number of benzene rings is 3. The number of unbranched alkanes of at least 4 members (excludes halogenated alkanes) is 7. The highest BCUT2D eigenvalue weighted by molar-refractivity contribution is 6.03. The Morgan fingerprint density at radius 2 is 1.33 bits per heavy atom. The summed E-state index contributed by atoms with van der Waals surface area (Å²) >= 11 is 0. The number of amides is 3. The molecule has 0 spiro atoms. The van der Waals surface area contributed by atoms with Gasteiger partial charge in [-0.2, -0.15) is 0 Å². The lowest BCUT2D eigenvalue weighted by Gasteiger charge is -2.48. The molecule has 1 saturated heterocycles. The minimum atomic E-state index is -1.44. The molecule has 3 aromatic rings. The molecule has 312 valence electrons. The number of carbonyl (C=O) groups excluding carboxylic acids is 3. The van der Waals surface area contributed by atoms with E-state index in [2.05, 4.69) is 10.6 Å². The van der Waals surface area contributed by atoms with Gasteiger partial charge in [-0.3, -0.25) is 14.4 Å². The zero-order chi connectivity index (χ0) is 41.2. The Bertz CT molecular complexity index is 1660. The van der Waals surface area contributed by atoms with E-state index in [1.807, 2.05) is 48.5 Å². The van der Waals surface area contributed by atoms with Gasteiger partial charge in [0.1, 0.15) is 17.7 Å². The van der Waals surface area contributed by atoms with Crippen molar-refractivity contribution in [3.8, 4) is 5.75 Å². The first-order valence-corrected chi connectivity index (χ1v) is 20.2. The lowest BCUT2D eigenvalue weighted by Crippen LogP contribution is -2.55. The number of anilines is 1. The predicted octanol–water partition coefficient (Wildman–Crippen LogP) is 5.15. The summed E-state index contributed by atoms with van der Waals surface area (Å²) in [6, 6.07) is 20.8. The summed E-state index contributed by atoms with van der Waals surface area (Å²) in [5.74, 6) is -0.262. The molecular weight excluding hydrogens is 733 g/mol. The molecule has 0 aromatic heterocycles. The highest BCUT2D eigenvalue weighted by Crippen LogP contribution is 2.46. The van der Waals surface area contributed by atoms with Crippen LogP contribution in [-0.4, -0.2) is 81.8 Å². The van der Waals surface area contributed by atoms with E-state index in [0.717, 1.165) is 61.8 Å². The monoisotopic (exact) mass is 793 g/mol. The van der Waals surface area contributed by atoms with Crippen LogP contribution in [0.1, 0.15) is 112 Å². The zero-order valence-electron chi connectivity index (χ0n) is 32.9. The average Bonchev–Trinajstić information content (AvgIpc) is 3.22. The molecule has 57 heavy (non-hydrogen) atoms. The first-order valence-electron chi connectivity index (χ1n) is 20.2. The number of rotatable bonds is 26. The van der Waals surface area contributed by atoms with Gasteiger partial charge in [-0.25, -0.2) is 4.39 Å². The lowest BCUT2D eigenvalue weighted by molar-refractivity contribution is -0.131. The molecule has 3 aromatic carbocycles. The van der Waals surface area contributed by atoms with Gasteiger partial charge >= 0.3 is 0 Å². The smallest absolute Gasteiger partial charge is 0.233 e. The van der Waals surface area contributed by atoms with Crippen molar-refractivity contribution in [2.45, 2.75) is 120 Å². The van der Waals surface area contributed by atoms with Gasteiger partial charge in [0.05, 0.1) is 37.4 Å². The number of methoxy groups -OCH3 is 1. The molecule has 7 N–H and O–H groups in total. The van der Waals surface area contributed by atoms with Gasteiger partial charge in [-0.15, -0.1) is 0 Å². The largest absolute Gasteiger partial charge is 0.497 e. The van der Waals surface area contributed by atoms with Crippen LogP contribution in [-0.2, 0) is 20.9 Å². The van der Waals surface area contributed by atoms with Crippen LogP contribution >= 0.6 is 0 Å². The summed E-state index contributed by atoms with van der Waals surface area (Å²) in [7, 11) is 1.60. The number of aliphatic hydroxyl groups excluding tert-OH is 5. The van der Waals surface area contributed by atoms with Crippen LogP contribution in [0.3, 0.4) is 0 Å². The number of nitrogens with zero attached hydrogens (tertiary/aromatic N) is 1. The summed E-state index contributed by atoms with van der Waals surface area (Å²) in [6.45, 7) is -0.0948. The highest BCUT2D eigenvalue weighted by atomic mass is 19.1. The number of β-lactam (4-membered cyclic amide) rings is 1. The fourth-order valence-corrected chi connectivity index (χ4v) is 7.17. The van der Waals surface area contributed by atoms with Crippen LogP contribution < -0.4 is 20.3 Å². The van der Waals surface area contributed by atoms with E-state index in [9.17, 15) is 39.2 Å². The second-order valence-corrected chi connectivity index (χ2v) is 14.9. The molecule has 12 nitrogen and oxygen atoms in total. The molecule has 4 rings (SSSR count). The van der Waals surface area contributed by atoms with E-state index in [1.54, 1.807) is 24.1 Å². The van der Waals surface area contributed by atoms with E-state index >= 15 is 0 Å². The molecule has 0 aliphatic carbocycles. The molecule has 13 heteroatoms. The average molecular weight is 794 g/mol. The molecular formula is C44H60FN3O9. The van der Waals surface area contributed by atoms with E-state index in [-0.39, 0.29) is 55.1 Å². The summed E-state index contributed by atoms with van der Waals surface area (Å²) in [5, 5.41) is 54.4. The quantitative estimate of drug-likeness (QED) is 0.0426. The van der Waals surface area contributed by atoms with Crippen LogP contribution in [0.2, 0.25) is 0 Å².